The molecule has 0 aromatic carbocycles. The number of rotatable bonds is 0. The molecule has 0 N–H and O–H groups in total. The highest BCUT2D eigenvalue weighted by Gasteiger charge is 2.05. The Balaban J connectivity index is 0. The van der Waals surface area contributed by atoms with Crippen LogP contribution in [0, 0.1) is 0 Å². The van der Waals surface area contributed by atoms with E-state index in [1.165, 1.54) is 12.8 Å². The number of halogens is 1. The van der Waals surface area contributed by atoms with Gasteiger partial charge in [0.25, 0.3) is 0 Å². The third-order valence-electron chi connectivity index (χ3n) is 1.41. The van der Waals surface area contributed by atoms with Gasteiger partial charge in [0.2, 0.25) is 0 Å². The number of hydrogen-bond donors (Lipinski definition) is 0. The molecule has 0 aromatic rings. The van der Waals surface area contributed by atoms with Crippen molar-refractivity contribution in [2.45, 2.75) is 52.4 Å². The van der Waals surface area contributed by atoms with Crippen molar-refractivity contribution >= 4 is 22.8 Å². The van der Waals surface area contributed by atoms with E-state index < -0.39 is 0 Å². The van der Waals surface area contributed by atoms with Crippen LogP contribution in [0.1, 0.15) is 52.4 Å². The van der Waals surface area contributed by atoms with E-state index in [4.69, 9.17) is 0 Å². The molecule has 0 saturated heterocycles. The van der Waals surface area contributed by atoms with Gasteiger partial charge in [-0.1, -0.05) is 26.7 Å². The zero-order chi connectivity index (χ0) is 7.82. The number of carbonyl (C=O) groups is 1. The Morgan fingerprint density at radius 3 is 1.64 bits per heavy atom. The van der Waals surface area contributed by atoms with E-state index in [0.717, 1.165) is 25.7 Å². The van der Waals surface area contributed by atoms with Crippen LogP contribution in [0.4, 0.5) is 0 Å². The largest absolute Gasteiger partial charge is 0.300 e. The molecular weight excluding hydrogens is 204 g/mol. The Morgan fingerprint density at radius 2 is 1.45 bits per heavy atom. The second-order valence-electron chi connectivity index (χ2n) is 2.81. The van der Waals surface area contributed by atoms with Crippen LogP contribution in [0.2, 0.25) is 0 Å². The smallest absolute Gasteiger partial charge is 0.132 e. The maximum Gasteiger partial charge on any atom is 0.132 e. The zero-order valence-corrected chi connectivity index (χ0v) is 9.27. The first kappa shape index (κ1) is 13.7. The molecule has 68 valence electrons. The molecule has 0 unspecified atom stereocenters. The molecule has 0 spiro atoms. The van der Waals surface area contributed by atoms with E-state index in [0.29, 0.717) is 5.78 Å². The fourth-order valence-electron chi connectivity index (χ4n) is 0.946. The molecule has 0 amide bonds. The lowest BCUT2D eigenvalue weighted by Gasteiger charge is -2.05. The third kappa shape index (κ3) is 10.2. The van der Waals surface area contributed by atoms with Gasteiger partial charge in [-0.15, -0.1) is 17.0 Å². The van der Waals surface area contributed by atoms with Gasteiger partial charge in [-0.25, -0.2) is 0 Å². The van der Waals surface area contributed by atoms with Crippen LogP contribution in [-0.4, -0.2) is 5.78 Å². The average Bonchev–Trinajstić information content (AvgIpc) is 1.91. The molecule has 0 bridgehead atoms. The Labute approximate surface area is 80.3 Å². The Morgan fingerprint density at radius 1 is 1.09 bits per heavy atom. The van der Waals surface area contributed by atoms with Gasteiger partial charge >= 0.3 is 0 Å². The molecule has 0 atom stereocenters. The highest BCUT2D eigenvalue weighted by Crippen LogP contribution is 2.12. The summed E-state index contributed by atoms with van der Waals surface area (Å²) in [5.41, 5.74) is 0. The summed E-state index contributed by atoms with van der Waals surface area (Å²) in [5.74, 6) is 0.464. The van der Waals surface area contributed by atoms with Crippen molar-refractivity contribution in [3.8, 4) is 0 Å². The maximum atomic E-state index is 10.5. The first-order valence-corrected chi connectivity index (χ1v) is 4.33. The van der Waals surface area contributed by atoms with E-state index >= 15 is 0 Å². The number of carbonyl (C=O) groups excluding carboxylic acids is 1. The highest BCUT2D eigenvalue weighted by molar-refractivity contribution is 8.93. The Hall–Kier alpha value is 0.150. The van der Waals surface area contributed by atoms with Gasteiger partial charge in [-0.3, -0.25) is 4.79 Å². The van der Waals surface area contributed by atoms with Gasteiger partial charge < -0.3 is 0 Å². The highest BCUT2D eigenvalue weighted by atomic mass is 79.9. The Bertz CT molecular complexity index is 83.6. The van der Waals surface area contributed by atoms with E-state index in [-0.39, 0.29) is 17.0 Å². The lowest BCUT2D eigenvalue weighted by molar-refractivity contribution is -0.120. The molecule has 2 heteroatoms. The van der Waals surface area contributed by atoms with Crippen molar-refractivity contribution in [1.29, 1.82) is 0 Å². The van der Waals surface area contributed by atoms with Gasteiger partial charge in [-0.05, 0) is 12.8 Å². The van der Waals surface area contributed by atoms with Crippen LogP contribution >= 0.6 is 17.0 Å². The molecule has 1 rings (SSSR count). The summed E-state index contributed by atoms with van der Waals surface area (Å²) < 4.78 is 0. The molecule has 0 heterocycles. The van der Waals surface area contributed by atoms with Crippen molar-refractivity contribution in [3.05, 3.63) is 0 Å². The van der Waals surface area contributed by atoms with Gasteiger partial charge in [0.1, 0.15) is 5.78 Å². The summed E-state index contributed by atoms with van der Waals surface area (Å²) in [6.45, 7) is 4.25. The number of hydrogen-bond acceptors (Lipinski definition) is 1. The summed E-state index contributed by atoms with van der Waals surface area (Å²) >= 11 is 0. The molecule has 1 nitrogen and oxygen atoms in total. The molecule has 1 aliphatic rings. The molecule has 0 radical (unpaired) electrons. The number of ketones is 1. The van der Waals surface area contributed by atoms with Crippen LogP contribution in [0.5, 0.6) is 0 Å². The molecular formula is C9H19BrO. The average molecular weight is 223 g/mol. The van der Waals surface area contributed by atoms with E-state index in [9.17, 15) is 4.79 Å². The van der Waals surface area contributed by atoms with Crippen LogP contribution in [0.15, 0.2) is 0 Å². The second-order valence-corrected chi connectivity index (χ2v) is 2.81. The summed E-state index contributed by atoms with van der Waals surface area (Å²) in [7, 11) is 0. The SMILES string of the molecule is Br.CCC.O=C1CCCCC1. The lowest BCUT2D eigenvalue weighted by Crippen LogP contribution is -2.02. The molecule has 1 saturated carbocycles. The van der Waals surface area contributed by atoms with Gasteiger partial charge in [0.15, 0.2) is 0 Å². The normalized spacial score (nSPS) is 16.0. The molecule has 0 aromatic heterocycles. The van der Waals surface area contributed by atoms with Crippen molar-refractivity contribution < 1.29 is 4.79 Å². The summed E-state index contributed by atoms with van der Waals surface area (Å²) in [4.78, 5) is 10.5. The minimum atomic E-state index is 0. The topological polar surface area (TPSA) is 17.1 Å². The molecule has 1 aliphatic carbocycles. The lowest BCUT2D eigenvalue weighted by atomic mass is 10.00. The van der Waals surface area contributed by atoms with Crippen molar-refractivity contribution in [2.24, 2.45) is 0 Å². The Kier molecular flexibility index (Phi) is 12.7. The molecule has 1 fully saturated rings. The zero-order valence-electron chi connectivity index (χ0n) is 7.56. The van der Waals surface area contributed by atoms with Crippen LogP contribution in [0.3, 0.4) is 0 Å². The first-order valence-electron chi connectivity index (χ1n) is 4.33. The second kappa shape index (κ2) is 10.2. The fraction of sp³-hybridized carbons (Fsp3) is 0.889. The molecule has 0 aliphatic heterocycles. The van der Waals surface area contributed by atoms with Crippen molar-refractivity contribution in [3.63, 3.8) is 0 Å². The van der Waals surface area contributed by atoms with Crippen LogP contribution in [0.25, 0.3) is 0 Å². The van der Waals surface area contributed by atoms with E-state index in [1.807, 2.05) is 0 Å². The van der Waals surface area contributed by atoms with Gasteiger partial charge in [-0.2, -0.15) is 0 Å². The van der Waals surface area contributed by atoms with Crippen LogP contribution in [-0.2, 0) is 4.79 Å². The van der Waals surface area contributed by atoms with Gasteiger partial charge in [0.05, 0.1) is 0 Å². The van der Waals surface area contributed by atoms with E-state index in [2.05, 4.69) is 13.8 Å². The van der Waals surface area contributed by atoms with Crippen LogP contribution < -0.4 is 0 Å². The monoisotopic (exact) mass is 222 g/mol. The summed E-state index contributed by atoms with van der Waals surface area (Å²) in [6, 6.07) is 0. The number of Topliss-reactive ketones (excluding diaryl/α,β-unsaturated/α-hetero) is 1. The van der Waals surface area contributed by atoms with Crippen molar-refractivity contribution in [1.82, 2.24) is 0 Å². The fourth-order valence-corrected chi connectivity index (χ4v) is 0.946. The predicted octanol–water partition coefficient (Wildman–Crippen LogP) is 3.51. The minimum absolute atomic E-state index is 0. The summed E-state index contributed by atoms with van der Waals surface area (Å²) in [5, 5.41) is 0. The standard InChI is InChI=1S/C6H10O.C3H8.BrH/c7-6-4-2-1-3-5-6;1-3-2;/h1-5H2;3H2,1-2H3;1H. The third-order valence-corrected chi connectivity index (χ3v) is 1.41. The first-order chi connectivity index (χ1) is 4.81. The molecule has 11 heavy (non-hydrogen) atoms. The maximum absolute atomic E-state index is 10.5. The van der Waals surface area contributed by atoms with E-state index in [1.54, 1.807) is 0 Å². The minimum Gasteiger partial charge on any atom is -0.300 e. The summed E-state index contributed by atoms with van der Waals surface area (Å²) in [6.07, 6.45) is 6.49. The predicted molar refractivity (Wildman–Crippen MR) is 54.4 cm³/mol. The quantitative estimate of drug-likeness (QED) is 0.614. The van der Waals surface area contributed by atoms with Crippen molar-refractivity contribution in [2.75, 3.05) is 0 Å². The van der Waals surface area contributed by atoms with Gasteiger partial charge in [0, 0.05) is 12.8 Å².